The van der Waals surface area contributed by atoms with Crippen molar-refractivity contribution in [1.82, 2.24) is 10.1 Å². The van der Waals surface area contributed by atoms with Crippen LogP contribution in [-0.4, -0.2) is 28.0 Å². The Bertz CT molecular complexity index is 411. The van der Waals surface area contributed by atoms with E-state index in [9.17, 15) is 5.11 Å². The maximum Gasteiger partial charge on any atom is 0.229 e. The molecule has 1 saturated carbocycles. The van der Waals surface area contributed by atoms with Crippen molar-refractivity contribution in [3.05, 3.63) is 11.7 Å². The van der Waals surface area contributed by atoms with Crippen LogP contribution < -0.4 is 0 Å². The number of ether oxygens (including phenoxy) is 1. The van der Waals surface area contributed by atoms with E-state index in [2.05, 4.69) is 24.0 Å². The highest BCUT2D eigenvalue weighted by Gasteiger charge is 2.40. The summed E-state index contributed by atoms with van der Waals surface area (Å²) in [5.41, 5.74) is -0.362. The summed E-state index contributed by atoms with van der Waals surface area (Å²) in [5.74, 6) is 1.62. The van der Waals surface area contributed by atoms with Gasteiger partial charge in [-0.15, -0.1) is 0 Å². The first kappa shape index (κ1) is 15.4. The van der Waals surface area contributed by atoms with Crippen LogP contribution in [0.5, 0.6) is 0 Å². The minimum Gasteiger partial charge on any atom is -0.393 e. The molecule has 1 unspecified atom stereocenters. The van der Waals surface area contributed by atoms with Gasteiger partial charge in [-0.1, -0.05) is 19.0 Å². The van der Waals surface area contributed by atoms with Gasteiger partial charge in [0.05, 0.1) is 12.5 Å². The second kappa shape index (κ2) is 6.68. The maximum atomic E-state index is 9.96. The fraction of sp³-hybridized carbons (Fsp3) is 0.867. The Morgan fingerprint density at radius 2 is 2.05 bits per heavy atom. The predicted molar refractivity (Wildman–Crippen MR) is 75.2 cm³/mol. The van der Waals surface area contributed by atoms with E-state index in [1.807, 2.05) is 6.92 Å². The highest BCUT2D eigenvalue weighted by molar-refractivity contribution is 5.05. The van der Waals surface area contributed by atoms with E-state index in [0.717, 1.165) is 32.1 Å². The SMILES string of the molecule is CCOC1(c2noc(CC(O)CC(C)C)n2)CCCC1. The number of hydrogen-bond donors (Lipinski definition) is 1. The first-order valence-corrected chi connectivity index (χ1v) is 7.71. The highest BCUT2D eigenvalue weighted by Crippen LogP contribution is 2.40. The van der Waals surface area contributed by atoms with Crippen LogP contribution in [0.2, 0.25) is 0 Å². The lowest BCUT2D eigenvalue weighted by Crippen LogP contribution is -2.27. The Balaban J connectivity index is 2.04. The minimum absolute atomic E-state index is 0.362. The summed E-state index contributed by atoms with van der Waals surface area (Å²) in [7, 11) is 0. The molecule has 5 heteroatoms. The molecule has 1 heterocycles. The molecular formula is C15H26N2O3. The number of rotatable bonds is 7. The van der Waals surface area contributed by atoms with Crippen LogP contribution in [0, 0.1) is 5.92 Å². The standard InChI is InChI=1S/C15H26N2O3/c1-4-19-15(7-5-6-8-15)14-16-13(20-17-14)10-12(18)9-11(2)3/h11-12,18H,4-10H2,1-3H3. The molecule has 2 rings (SSSR count). The molecule has 1 atom stereocenters. The summed E-state index contributed by atoms with van der Waals surface area (Å²) >= 11 is 0. The second-order valence-electron chi connectivity index (χ2n) is 6.13. The molecule has 5 nitrogen and oxygen atoms in total. The zero-order valence-corrected chi connectivity index (χ0v) is 12.8. The number of aliphatic hydroxyl groups excluding tert-OH is 1. The van der Waals surface area contributed by atoms with Gasteiger partial charge in [0, 0.05) is 6.61 Å². The van der Waals surface area contributed by atoms with Gasteiger partial charge in [0.25, 0.3) is 0 Å². The van der Waals surface area contributed by atoms with Crippen LogP contribution in [0.4, 0.5) is 0 Å². The Morgan fingerprint density at radius 3 is 2.65 bits per heavy atom. The Labute approximate surface area is 120 Å². The largest absolute Gasteiger partial charge is 0.393 e. The van der Waals surface area contributed by atoms with Crippen LogP contribution in [-0.2, 0) is 16.8 Å². The molecular weight excluding hydrogens is 256 g/mol. The van der Waals surface area contributed by atoms with E-state index in [1.54, 1.807) is 0 Å². The number of aromatic nitrogens is 2. The van der Waals surface area contributed by atoms with Gasteiger partial charge in [-0.3, -0.25) is 0 Å². The van der Waals surface area contributed by atoms with Gasteiger partial charge in [-0.25, -0.2) is 0 Å². The first-order valence-electron chi connectivity index (χ1n) is 7.71. The van der Waals surface area contributed by atoms with Gasteiger partial charge in [0.2, 0.25) is 11.7 Å². The second-order valence-corrected chi connectivity index (χ2v) is 6.13. The number of nitrogens with zero attached hydrogens (tertiary/aromatic N) is 2. The van der Waals surface area contributed by atoms with Gasteiger partial charge in [0.15, 0.2) is 0 Å². The molecule has 1 aliphatic carbocycles. The van der Waals surface area contributed by atoms with Crippen LogP contribution in [0.1, 0.15) is 64.6 Å². The topological polar surface area (TPSA) is 68.4 Å². The Hall–Kier alpha value is -0.940. The summed E-state index contributed by atoms with van der Waals surface area (Å²) in [4.78, 5) is 4.47. The lowest BCUT2D eigenvalue weighted by atomic mass is 10.0. The average Bonchev–Trinajstić information content (AvgIpc) is 2.98. The molecule has 0 amide bonds. The van der Waals surface area contributed by atoms with Crippen molar-refractivity contribution in [2.75, 3.05) is 6.61 Å². The smallest absolute Gasteiger partial charge is 0.229 e. The van der Waals surface area contributed by atoms with Crippen molar-refractivity contribution in [1.29, 1.82) is 0 Å². The molecule has 0 spiro atoms. The monoisotopic (exact) mass is 282 g/mol. The third-order valence-electron chi connectivity index (χ3n) is 3.86. The van der Waals surface area contributed by atoms with Crippen LogP contribution in [0.25, 0.3) is 0 Å². The molecule has 0 saturated heterocycles. The lowest BCUT2D eigenvalue weighted by Gasteiger charge is -2.24. The van der Waals surface area contributed by atoms with Gasteiger partial charge in [0.1, 0.15) is 5.60 Å². The van der Waals surface area contributed by atoms with E-state index in [1.165, 1.54) is 0 Å². The molecule has 0 radical (unpaired) electrons. The lowest BCUT2D eigenvalue weighted by molar-refractivity contribution is -0.0469. The summed E-state index contributed by atoms with van der Waals surface area (Å²) in [5, 5.41) is 14.1. The van der Waals surface area contributed by atoms with Crippen LogP contribution in [0.15, 0.2) is 4.52 Å². The molecule has 1 aliphatic rings. The average molecular weight is 282 g/mol. The van der Waals surface area contributed by atoms with Crippen LogP contribution in [0.3, 0.4) is 0 Å². The van der Waals surface area contributed by atoms with E-state index in [4.69, 9.17) is 9.26 Å². The van der Waals surface area contributed by atoms with E-state index < -0.39 is 6.10 Å². The highest BCUT2D eigenvalue weighted by atomic mass is 16.5. The van der Waals surface area contributed by atoms with E-state index in [-0.39, 0.29) is 5.60 Å². The molecule has 114 valence electrons. The fourth-order valence-electron chi connectivity index (χ4n) is 3.01. The van der Waals surface area contributed by atoms with Gasteiger partial charge >= 0.3 is 0 Å². The van der Waals surface area contributed by atoms with Crippen LogP contribution >= 0.6 is 0 Å². The van der Waals surface area contributed by atoms with Gasteiger partial charge < -0.3 is 14.4 Å². The number of hydrogen-bond acceptors (Lipinski definition) is 5. The molecule has 1 fully saturated rings. The summed E-state index contributed by atoms with van der Waals surface area (Å²) < 4.78 is 11.2. The third-order valence-corrected chi connectivity index (χ3v) is 3.86. The number of aliphatic hydroxyl groups is 1. The molecule has 0 aromatic carbocycles. The maximum absolute atomic E-state index is 9.96. The first-order chi connectivity index (χ1) is 9.55. The van der Waals surface area contributed by atoms with Crippen molar-refractivity contribution in [2.24, 2.45) is 5.92 Å². The predicted octanol–water partition coefficient (Wildman–Crippen LogP) is 2.82. The quantitative estimate of drug-likeness (QED) is 0.833. The Kier molecular flexibility index (Phi) is 5.16. The summed E-state index contributed by atoms with van der Waals surface area (Å²) in [6.07, 6.45) is 4.93. The molecule has 0 aliphatic heterocycles. The van der Waals surface area contributed by atoms with E-state index in [0.29, 0.717) is 30.7 Å². The third kappa shape index (κ3) is 3.58. The van der Waals surface area contributed by atoms with Crippen molar-refractivity contribution in [3.8, 4) is 0 Å². The summed E-state index contributed by atoms with van der Waals surface area (Å²) in [6, 6.07) is 0. The minimum atomic E-state index is -0.421. The van der Waals surface area contributed by atoms with Crippen molar-refractivity contribution in [3.63, 3.8) is 0 Å². The molecule has 20 heavy (non-hydrogen) atoms. The van der Waals surface area contributed by atoms with E-state index >= 15 is 0 Å². The molecule has 0 bridgehead atoms. The van der Waals surface area contributed by atoms with Crippen molar-refractivity contribution < 1.29 is 14.4 Å². The normalized spacial score (nSPS) is 19.6. The molecule has 1 aromatic heterocycles. The summed E-state index contributed by atoms with van der Waals surface area (Å²) in [6.45, 7) is 6.82. The fourth-order valence-corrected chi connectivity index (χ4v) is 3.01. The molecule has 1 aromatic rings. The zero-order chi connectivity index (χ0) is 14.6. The molecule has 1 N–H and O–H groups in total. The van der Waals surface area contributed by atoms with Crippen molar-refractivity contribution >= 4 is 0 Å². The van der Waals surface area contributed by atoms with Crippen molar-refractivity contribution in [2.45, 2.75) is 71.0 Å². The van der Waals surface area contributed by atoms with Gasteiger partial charge in [-0.2, -0.15) is 4.98 Å². The van der Waals surface area contributed by atoms with Gasteiger partial charge in [-0.05, 0) is 44.9 Å². The zero-order valence-electron chi connectivity index (χ0n) is 12.8. The Morgan fingerprint density at radius 1 is 1.35 bits per heavy atom.